The summed E-state index contributed by atoms with van der Waals surface area (Å²) in [5, 5.41) is 2.93. The minimum Gasteiger partial charge on any atom is -0.444 e. The zero-order chi connectivity index (χ0) is 13.3. The zero-order valence-electron chi connectivity index (χ0n) is 11.5. The largest absolute Gasteiger partial charge is 0.444 e. The van der Waals surface area contributed by atoms with Gasteiger partial charge in [0, 0.05) is 12.0 Å². The van der Waals surface area contributed by atoms with Crippen molar-refractivity contribution in [1.29, 1.82) is 0 Å². The number of alkyl carbamates (subject to hydrolysis) is 1. The van der Waals surface area contributed by atoms with Gasteiger partial charge < -0.3 is 10.1 Å². The number of hydrogen-bond donors (Lipinski definition) is 1. The first-order chi connectivity index (χ1) is 8.37. The molecule has 2 atom stereocenters. The van der Waals surface area contributed by atoms with Crippen molar-refractivity contribution in [2.45, 2.75) is 51.7 Å². The number of aryl methyl sites for hydroxylation is 1. The molecular formula is C15H21NO2. The van der Waals surface area contributed by atoms with Gasteiger partial charge in [-0.1, -0.05) is 24.3 Å². The predicted molar refractivity (Wildman–Crippen MR) is 71.7 cm³/mol. The van der Waals surface area contributed by atoms with E-state index in [1.807, 2.05) is 32.9 Å². The van der Waals surface area contributed by atoms with Gasteiger partial charge in [-0.2, -0.15) is 0 Å². The average Bonchev–Trinajstić information content (AvgIpc) is 2.94. The Kier molecular flexibility index (Phi) is 3.33. The lowest BCUT2D eigenvalue weighted by atomic mass is 10.0. The molecule has 2 rings (SSSR count). The number of benzene rings is 1. The quantitative estimate of drug-likeness (QED) is 0.870. The van der Waals surface area contributed by atoms with Crippen LogP contribution in [0.15, 0.2) is 24.3 Å². The van der Waals surface area contributed by atoms with E-state index in [1.165, 1.54) is 11.1 Å². The molecule has 1 N–H and O–H groups in total. The van der Waals surface area contributed by atoms with E-state index in [4.69, 9.17) is 4.74 Å². The molecule has 0 aromatic heterocycles. The molecule has 0 radical (unpaired) electrons. The van der Waals surface area contributed by atoms with Crippen LogP contribution in [-0.4, -0.2) is 17.7 Å². The number of carbonyl (C=O) groups excluding carboxylic acids is 1. The van der Waals surface area contributed by atoms with Crippen LogP contribution in [0, 0.1) is 6.92 Å². The molecule has 1 aromatic carbocycles. The summed E-state index contributed by atoms with van der Waals surface area (Å²) in [6.45, 7) is 7.73. The number of hydrogen-bond acceptors (Lipinski definition) is 2. The smallest absolute Gasteiger partial charge is 0.407 e. The van der Waals surface area contributed by atoms with Crippen LogP contribution in [0.4, 0.5) is 4.79 Å². The van der Waals surface area contributed by atoms with Gasteiger partial charge in [0.15, 0.2) is 0 Å². The summed E-state index contributed by atoms with van der Waals surface area (Å²) in [5.74, 6) is 0.443. The van der Waals surface area contributed by atoms with Crippen molar-refractivity contribution < 1.29 is 9.53 Å². The van der Waals surface area contributed by atoms with Crippen molar-refractivity contribution in [2.75, 3.05) is 0 Å². The highest BCUT2D eigenvalue weighted by Crippen LogP contribution is 2.42. The maximum atomic E-state index is 11.6. The summed E-state index contributed by atoms with van der Waals surface area (Å²) < 4.78 is 5.25. The van der Waals surface area contributed by atoms with Gasteiger partial charge in [-0.25, -0.2) is 4.79 Å². The van der Waals surface area contributed by atoms with Crippen molar-refractivity contribution in [3.8, 4) is 0 Å². The van der Waals surface area contributed by atoms with Gasteiger partial charge in [-0.05, 0) is 45.2 Å². The molecule has 1 saturated carbocycles. The Morgan fingerprint density at radius 2 is 2.00 bits per heavy atom. The number of carbonyl (C=O) groups is 1. The predicted octanol–water partition coefficient (Wildman–Crippen LogP) is 3.38. The third-order valence-corrected chi connectivity index (χ3v) is 3.08. The summed E-state index contributed by atoms with van der Waals surface area (Å²) in [6, 6.07) is 8.55. The second kappa shape index (κ2) is 4.63. The topological polar surface area (TPSA) is 38.3 Å². The lowest BCUT2D eigenvalue weighted by Crippen LogP contribution is -2.34. The Labute approximate surface area is 109 Å². The summed E-state index contributed by atoms with van der Waals surface area (Å²) in [4.78, 5) is 11.6. The maximum Gasteiger partial charge on any atom is 0.407 e. The minimum absolute atomic E-state index is 0.223. The molecule has 1 aromatic rings. The third kappa shape index (κ3) is 3.25. The van der Waals surface area contributed by atoms with Crippen molar-refractivity contribution in [2.24, 2.45) is 0 Å². The lowest BCUT2D eigenvalue weighted by Gasteiger charge is -2.19. The fourth-order valence-corrected chi connectivity index (χ4v) is 2.16. The van der Waals surface area contributed by atoms with Crippen LogP contribution in [0.5, 0.6) is 0 Å². The molecule has 0 bridgehead atoms. The summed E-state index contributed by atoms with van der Waals surface area (Å²) in [7, 11) is 0. The maximum absolute atomic E-state index is 11.6. The first-order valence-electron chi connectivity index (χ1n) is 6.42. The SMILES string of the molecule is Cc1ccccc1C1CC1NC(=O)OC(C)(C)C. The number of nitrogens with one attached hydrogen (secondary N) is 1. The molecular weight excluding hydrogens is 226 g/mol. The zero-order valence-corrected chi connectivity index (χ0v) is 11.5. The molecule has 0 aliphatic heterocycles. The van der Waals surface area contributed by atoms with Gasteiger partial charge in [0.1, 0.15) is 5.60 Å². The molecule has 1 aliphatic carbocycles. The molecule has 0 spiro atoms. The van der Waals surface area contributed by atoms with Crippen LogP contribution >= 0.6 is 0 Å². The Hall–Kier alpha value is -1.51. The molecule has 2 unspecified atom stereocenters. The van der Waals surface area contributed by atoms with E-state index < -0.39 is 5.60 Å². The summed E-state index contributed by atoms with van der Waals surface area (Å²) in [5.41, 5.74) is 2.19. The Balaban J connectivity index is 1.89. The highest BCUT2D eigenvalue weighted by atomic mass is 16.6. The van der Waals surface area contributed by atoms with Gasteiger partial charge in [-0.15, -0.1) is 0 Å². The molecule has 3 heteroatoms. The third-order valence-electron chi connectivity index (χ3n) is 3.08. The van der Waals surface area contributed by atoms with E-state index in [2.05, 4.69) is 24.4 Å². The highest BCUT2D eigenvalue weighted by Gasteiger charge is 2.40. The van der Waals surface area contributed by atoms with Crippen molar-refractivity contribution in [1.82, 2.24) is 5.32 Å². The van der Waals surface area contributed by atoms with Crippen LogP contribution in [0.25, 0.3) is 0 Å². The standard InChI is InChI=1S/C15H21NO2/c1-10-7-5-6-8-11(10)12-9-13(12)16-14(17)18-15(2,3)4/h5-8,12-13H,9H2,1-4H3,(H,16,17). The molecule has 18 heavy (non-hydrogen) atoms. The van der Waals surface area contributed by atoms with E-state index in [-0.39, 0.29) is 12.1 Å². The monoisotopic (exact) mass is 247 g/mol. The van der Waals surface area contributed by atoms with Crippen LogP contribution in [0.2, 0.25) is 0 Å². The Morgan fingerprint density at radius 3 is 2.61 bits per heavy atom. The van der Waals surface area contributed by atoms with Gasteiger partial charge in [0.2, 0.25) is 0 Å². The minimum atomic E-state index is -0.433. The normalized spacial score (nSPS) is 22.4. The first kappa shape index (κ1) is 12.9. The van der Waals surface area contributed by atoms with Gasteiger partial charge in [0.25, 0.3) is 0 Å². The Morgan fingerprint density at radius 1 is 1.33 bits per heavy atom. The van der Waals surface area contributed by atoms with Crippen molar-refractivity contribution in [3.63, 3.8) is 0 Å². The van der Waals surface area contributed by atoms with E-state index in [1.54, 1.807) is 0 Å². The fraction of sp³-hybridized carbons (Fsp3) is 0.533. The van der Waals surface area contributed by atoms with Crippen LogP contribution in [-0.2, 0) is 4.74 Å². The van der Waals surface area contributed by atoms with E-state index >= 15 is 0 Å². The van der Waals surface area contributed by atoms with Gasteiger partial charge in [0.05, 0.1) is 0 Å². The number of ether oxygens (including phenoxy) is 1. The van der Waals surface area contributed by atoms with Gasteiger partial charge in [-0.3, -0.25) is 0 Å². The second-order valence-corrected chi connectivity index (χ2v) is 5.95. The molecule has 0 heterocycles. The molecule has 0 saturated heterocycles. The average molecular weight is 247 g/mol. The van der Waals surface area contributed by atoms with Crippen molar-refractivity contribution in [3.05, 3.63) is 35.4 Å². The highest BCUT2D eigenvalue weighted by molar-refractivity contribution is 5.69. The molecule has 3 nitrogen and oxygen atoms in total. The van der Waals surface area contributed by atoms with E-state index in [0.717, 1.165) is 6.42 Å². The van der Waals surface area contributed by atoms with Crippen LogP contribution in [0.3, 0.4) is 0 Å². The molecule has 1 fully saturated rings. The lowest BCUT2D eigenvalue weighted by molar-refractivity contribution is 0.0523. The fourth-order valence-electron chi connectivity index (χ4n) is 2.16. The first-order valence-corrected chi connectivity index (χ1v) is 6.42. The van der Waals surface area contributed by atoms with Crippen LogP contribution < -0.4 is 5.32 Å². The molecule has 1 amide bonds. The van der Waals surface area contributed by atoms with Gasteiger partial charge >= 0.3 is 6.09 Å². The summed E-state index contributed by atoms with van der Waals surface area (Å²) in [6.07, 6.45) is 0.688. The van der Waals surface area contributed by atoms with Crippen LogP contribution in [0.1, 0.15) is 44.2 Å². The van der Waals surface area contributed by atoms with Crippen molar-refractivity contribution >= 4 is 6.09 Å². The van der Waals surface area contributed by atoms with E-state index in [9.17, 15) is 4.79 Å². The Bertz CT molecular complexity index is 448. The number of amides is 1. The second-order valence-electron chi connectivity index (χ2n) is 5.95. The molecule has 1 aliphatic rings. The summed E-state index contributed by atoms with van der Waals surface area (Å²) >= 11 is 0. The number of rotatable bonds is 2. The molecule has 98 valence electrons. The van der Waals surface area contributed by atoms with E-state index in [0.29, 0.717) is 5.92 Å².